The van der Waals surface area contributed by atoms with Crippen LogP contribution in [0.15, 0.2) is 16.5 Å². The molecule has 0 bridgehead atoms. The number of aryl methyl sites for hydroxylation is 1. The summed E-state index contributed by atoms with van der Waals surface area (Å²) in [6.07, 6.45) is 4.20. The minimum atomic E-state index is -0.377. The molecule has 3 rings (SSSR count). The van der Waals surface area contributed by atoms with E-state index < -0.39 is 0 Å². The fourth-order valence-corrected chi connectivity index (χ4v) is 2.86. The van der Waals surface area contributed by atoms with Gasteiger partial charge in [-0.2, -0.15) is 0 Å². The number of halogens is 1. The van der Waals surface area contributed by atoms with Crippen molar-refractivity contribution in [3.8, 4) is 0 Å². The monoisotopic (exact) mass is 250 g/mol. The van der Waals surface area contributed by atoms with Crippen LogP contribution >= 0.6 is 11.6 Å². The molecule has 1 aromatic carbocycles. The van der Waals surface area contributed by atoms with Crippen LogP contribution in [0.4, 0.5) is 0 Å². The third kappa shape index (κ3) is 1.74. The fourth-order valence-electron chi connectivity index (χ4n) is 2.59. The first-order valence-electron chi connectivity index (χ1n) is 5.94. The van der Waals surface area contributed by atoms with E-state index in [1.807, 2.05) is 19.1 Å². The molecule has 3 nitrogen and oxygen atoms in total. The second kappa shape index (κ2) is 3.72. The van der Waals surface area contributed by atoms with Crippen molar-refractivity contribution in [1.29, 1.82) is 0 Å². The van der Waals surface area contributed by atoms with E-state index >= 15 is 0 Å². The molecular formula is C13H15ClN2O. The molecule has 1 aliphatic rings. The molecule has 1 aromatic heterocycles. The number of nitrogens with zero attached hydrogens (tertiary/aromatic N) is 1. The number of fused-ring (bicyclic) bond motifs is 1. The average molecular weight is 251 g/mol. The summed E-state index contributed by atoms with van der Waals surface area (Å²) in [6, 6.07) is 3.71. The zero-order valence-electron chi connectivity index (χ0n) is 9.79. The Morgan fingerprint density at radius 2 is 2.06 bits per heavy atom. The van der Waals surface area contributed by atoms with Gasteiger partial charge in [0.1, 0.15) is 5.52 Å². The minimum Gasteiger partial charge on any atom is -0.438 e. The number of hydrogen-bond acceptors (Lipinski definition) is 3. The summed E-state index contributed by atoms with van der Waals surface area (Å²) in [7, 11) is 0. The molecule has 0 atom stereocenters. The quantitative estimate of drug-likeness (QED) is 0.843. The van der Waals surface area contributed by atoms with Gasteiger partial charge >= 0.3 is 0 Å². The molecule has 1 fully saturated rings. The number of oxazole rings is 1. The third-order valence-electron chi connectivity index (χ3n) is 3.56. The maximum Gasteiger partial charge on any atom is 0.215 e. The Bertz CT molecular complexity index is 570. The maximum absolute atomic E-state index is 6.34. The van der Waals surface area contributed by atoms with Crippen LogP contribution in [0, 0.1) is 6.92 Å². The summed E-state index contributed by atoms with van der Waals surface area (Å²) in [5, 5.41) is 0.687. The van der Waals surface area contributed by atoms with E-state index in [0.717, 1.165) is 42.3 Å². The third-order valence-corrected chi connectivity index (χ3v) is 3.78. The number of aromatic nitrogens is 1. The van der Waals surface area contributed by atoms with Gasteiger partial charge in [0, 0.05) is 5.02 Å². The molecule has 4 heteroatoms. The molecule has 0 radical (unpaired) electrons. The molecule has 1 heterocycles. The molecule has 0 amide bonds. The van der Waals surface area contributed by atoms with Gasteiger partial charge in [-0.25, -0.2) is 4.98 Å². The van der Waals surface area contributed by atoms with Crippen molar-refractivity contribution in [3.05, 3.63) is 28.6 Å². The van der Waals surface area contributed by atoms with Crippen molar-refractivity contribution >= 4 is 22.7 Å². The van der Waals surface area contributed by atoms with Crippen LogP contribution < -0.4 is 5.73 Å². The van der Waals surface area contributed by atoms with Crippen molar-refractivity contribution < 1.29 is 4.42 Å². The first kappa shape index (κ1) is 11.1. The van der Waals surface area contributed by atoms with E-state index in [-0.39, 0.29) is 5.54 Å². The number of benzene rings is 1. The number of rotatable bonds is 1. The van der Waals surface area contributed by atoms with Gasteiger partial charge in [0.15, 0.2) is 5.58 Å². The Hall–Kier alpha value is -1.06. The number of hydrogen-bond donors (Lipinski definition) is 1. The van der Waals surface area contributed by atoms with E-state index in [1.54, 1.807) is 0 Å². The van der Waals surface area contributed by atoms with E-state index in [9.17, 15) is 0 Å². The molecular weight excluding hydrogens is 236 g/mol. The van der Waals surface area contributed by atoms with Crippen LogP contribution in [0.1, 0.15) is 37.1 Å². The molecule has 0 saturated heterocycles. The second-order valence-corrected chi connectivity index (χ2v) is 5.39. The van der Waals surface area contributed by atoms with Crippen LogP contribution in [0.2, 0.25) is 5.02 Å². The lowest BCUT2D eigenvalue weighted by Gasteiger charge is -2.18. The molecule has 2 aromatic rings. The first-order chi connectivity index (χ1) is 8.08. The van der Waals surface area contributed by atoms with Crippen molar-refractivity contribution in [2.45, 2.75) is 38.1 Å². The largest absolute Gasteiger partial charge is 0.438 e. The molecule has 1 aliphatic carbocycles. The van der Waals surface area contributed by atoms with Crippen molar-refractivity contribution in [2.75, 3.05) is 0 Å². The Kier molecular flexibility index (Phi) is 2.42. The Morgan fingerprint density at radius 1 is 1.35 bits per heavy atom. The lowest BCUT2D eigenvalue weighted by Crippen LogP contribution is -2.33. The molecule has 0 unspecified atom stereocenters. The van der Waals surface area contributed by atoms with Crippen LogP contribution in [0.25, 0.3) is 11.1 Å². The molecule has 1 saturated carbocycles. The predicted molar refractivity (Wildman–Crippen MR) is 68.1 cm³/mol. The van der Waals surface area contributed by atoms with Crippen molar-refractivity contribution in [2.24, 2.45) is 5.73 Å². The van der Waals surface area contributed by atoms with Crippen molar-refractivity contribution in [1.82, 2.24) is 4.98 Å². The Labute approximate surface area is 105 Å². The maximum atomic E-state index is 6.34. The van der Waals surface area contributed by atoms with Gasteiger partial charge < -0.3 is 10.2 Å². The van der Waals surface area contributed by atoms with Crippen molar-refractivity contribution in [3.63, 3.8) is 0 Å². The first-order valence-corrected chi connectivity index (χ1v) is 6.32. The van der Waals surface area contributed by atoms with Gasteiger partial charge in [0.05, 0.1) is 5.54 Å². The van der Waals surface area contributed by atoms with Crippen LogP contribution in [-0.4, -0.2) is 4.98 Å². The summed E-state index contributed by atoms with van der Waals surface area (Å²) in [4.78, 5) is 4.51. The van der Waals surface area contributed by atoms with Gasteiger partial charge in [-0.05, 0) is 37.5 Å². The zero-order valence-corrected chi connectivity index (χ0v) is 10.5. The Morgan fingerprint density at radius 3 is 2.76 bits per heavy atom. The van der Waals surface area contributed by atoms with Gasteiger partial charge in [-0.1, -0.05) is 24.4 Å². The summed E-state index contributed by atoms with van der Waals surface area (Å²) in [6.45, 7) is 1.97. The zero-order chi connectivity index (χ0) is 12.0. The predicted octanol–water partition coefficient (Wildman–Crippen LogP) is 3.52. The second-order valence-electron chi connectivity index (χ2n) is 4.95. The summed E-state index contributed by atoms with van der Waals surface area (Å²) in [5.74, 6) is 0.662. The van der Waals surface area contributed by atoms with Gasteiger partial charge in [-0.3, -0.25) is 0 Å². The molecule has 0 aliphatic heterocycles. The lowest BCUT2D eigenvalue weighted by atomic mass is 10.00. The number of nitrogens with two attached hydrogens (primary N) is 1. The van der Waals surface area contributed by atoms with Gasteiger partial charge in [0.2, 0.25) is 5.89 Å². The highest BCUT2D eigenvalue weighted by molar-refractivity contribution is 6.31. The Balaban J connectivity index is 2.16. The summed E-state index contributed by atoms with van der Waals surface area (Å²) >= 11 is 6.01. The molecule has 17 heavy (non-hydrogen) atoms. The van der Waals surface area contributed by atoms with Gasteiger partial charge in [-0.15, -0.1) is 0 Å². The highest BCUT2D eigenvalue weighted by Crippen LogP contribution is 2.37. The summed E-state index contributed by atoms with van der Waals surface area (Å²) < 4.78 is 5.85. The van der Waals surface area contributed by atoms with Crippen LogP contribution in [0.3, 0.4) is 0 Å². The SMILES string of the molecule is Cc1cc(Cl)cc2nc(C3(N)CCCC3)oc12. The minimum absolute atomic E-state index is 0.377. The fraction of sp³-hybridized carbons (Fsp3) is 0.462. The standard InChI is InChI=1S/C13H15ClN2O/c1-8-6-9(14)7-10-11(8)17-12(16-10)13(15)4-2-3-5-13/h6-7H,2-5,15H2,1H3. The van der Waals surface area contributed by atoms with E-state index in [1.165, 1.54) is 0 Å². The highest BCUT2D eigenvalue weighted by atomic mass is 35.5. The van der Waals surface area contributed by atoms with E-state index in [0.29, 0.717) is 10.9 Å². The summed E-state index contributed by atoms with van der Waals surface area (Å²) in [5.41, 5.74) is 8.59. The lowest BCUT2D eigenvalue weighted by molar-refractivity contribution is 0.346. The van der Waals surface area contributed by atoms with E-state index in [4.69, 9.17) is 21.8 Å². The topological polar surface area (TPSA) is 52.0 Å². The van der Waals surface area contributed by atoms with Crippen LogP contribution in [0.5, 0.6) is 0 Å². The molecule has 90 valence electrons. The normalized spacial score (nSPS) is 19.0. The van der Waals surface area contributed by atoms with E-state index in [2.05, 4.69) is 4.98 Å². The van der Waals surface area contributed by atoms with Crippen LogP contribution in [-0.2, 0) is 5.54 Å². The highest BCUT2D eigenvalue weighted by Gasteiger charge is 2.36. The smallest absolute Gasteiger partial charge is 0.215 e. The molecule has 2 N–H and O–H groups in total. The van der Waals surface area contributed by atoms with Gasteiger partial charge in [0.25, 0.3) is 0 Å². The average Bonchev–Trinajstić information content (AvgIpc) is 2.84. The molecule has 0 spiro atoms.